The van der Waals surface area contributed by atoms with E-state index in [0.29, 0.717) is 32.3 Å². The molecule has 0 spiro atoms. The molecule has 0 fully saturated rings. The van der Waals surface area contributed by atoms with Gasteiger partial charge in [-0.3, -0.25) is 0 Å². The molecule has 0 saturated carbocycles. The fourth-order valence-electron chi connectivity index (χ4n) is 2.64. The van der Waals surface area contributed by atoms with Crippen LogP contribution in [0.4, 0.5) is 0 Å². The summed E-state index contributed by atoms with van der Waals surface area (Å²) < 4.78 is 17.0. The zero-order valence-electron chi connectivity index (χ0n) is 12.6. The lowest BCUT2D eigenvalue weighted by atomic mass is 9.84. The van der Waals surface area contributed by atoms with Crippen molar-refractivity contribution in [3.05, 3.63) is 23.8 Å². The Balaban J connectivity index is 2.09. The molecule has 2 rings (SSSR count). The molecule has 20 heavy (non-hydrogen) atoms. The molecule has 0 bridgehead atoms. The predicted molar refractivity (Wildman–Crippen MR) is 79.5 cm³/mol. The molecule has 2 N–H and O–H groups in total. The fraction of sp³-hybridized carbons (Fsp3) is 0.625. The molecule has 1 aromatic rings. The van der Waals surface area contributed by atoms with Gasteiger partial charge in [-0.25, -0.2) is 0 Å². The maximum absolute atomic E-state index is 6.01. The van der Waals surface area contributed by atoms with Gasteiger partial charge in [0, 0.05) is 18.1 Å². The fourth-order valence-corrected chi connectivity index (χ4v) is 2.64. The molecule has 1 aromatic carbocycles. The minimum absolute atomic E-state index is 0.158. The van der Waals surface area contributed by atoms with Gasteiger partial charge in [0.05, 0.1) is 6.61 Å². The van der Waals surface area contributed by atoms with Crippen molar-refractivity contribution in [3.63, 3.8) is 0 Å². The molecule has 0 amide bonds. The Morgan fingerprint density at radius 2 is 2.15 bits per heavy atom. The molecule has 0 saturated heterocycles. The van der Waals surface area contributed by atoms with E-state index in [1.807, 2.05) is 25.1 Å². The van der Waals surface area contributed by atoms with Crippen LogP contribution in [0.1, 0.15) is 38.7 Å². The highest BCUT2D eigenvalue weighted by Gasteiger charge is 2.33. The molecule has 1 aliphatic rings. The van der Waals surface area contributed by atoms with Crippen LogP contribution in [0.25, 0.3) is 0 Å². The van der Waals surface area contributed by atoms with E-state index in [-0.39, 0.29) is 5.60 Å². The molecule has 1 atom stereocenters. The molecule has 4 heteroatoms. The molecular weight excluding hydrogens is 254 g/mol. The SMILES string of the molecule is CCOCCOc1ccc2c(c1)C(CN)CC(C)(C)O2. The summed E-state index contributed by atoms with van der Waals surface area (Å²) >= 11 is 0. The van der Waals surface area contributed by atoms with Crippen molar-refractivity contribution in [1.29, 1.82) is 0 Å². The van der Waals surface area contributed by atoms with E-state index in [4.69, 9.17) is 19.9 Å². The van der Waals surface area contributed by atoms with Crippen molar-refractivity contribution in [1.82, 2.24) is 0 Å². The van der Waals surface area contributed by atoms with Crippen LogP contribution in [-0.2, 0) is 4.74 Å². The molecule has 112 valence electrons. The topological polar surface area (TPSA) is 53.7 Å². The Morgan fingerprint density at radius 3 is 2.85 bits per heavy atom. The smallest absolute Gasteiger partial charge is 0.123 e. The Kier molecular flexibility index (Phi) is 4.89. The highest BCUT2D eigenvalue weighted by atomic mass is 16.5. The average molecular weight is 279 g/mol. The first-order chi connectivity index (χ1) is 9.55. The largest absolute Gasteiger partial charge is 0.491 e. The van der Waals surface area contributed by atoms with Crippen LogP contribution in [0.3, 0.4) is 0 Å². The number of nitrogens with two attached hydrogens (primary N) is 1. The third kappa shape index (κ3) is 3.64. The first-order valence-electron chi connectivity index (χ1n) is 7.29. The second-order valence-electron chi connectivity index (χ2n) is 5.74. The molecule has 1 aliphatic heterocycles. The summed E-state index contributed by atoms with van der Waals surface area (Å²) in [7, 11) is 0. The van der Waals surface area contributed by atoms with Gasteiger partial charge in [0.25, 0.3) is 0 Å². The molecule has 0 radical (unpaired) electrons. The summed E-state index contributed by atoms with van der Waals surface area (Å²) in [5, 5.41) is 0. The van der Waals surface area contributed by atoms with Crippen LogP contribution in [0.2, 0.25) is 0 Å². The molecule has 0 aromatic heterocycles. The lowest BCUT2D eigenvalue weighted by Gasteiger charge is -2.37. The number of hydrogen-bond acceptors (Lipinski definition) is 4. The van der Waals surface area contributed by atoms with Gasteiger partial charge in [-0.15, -0.1) is 0 Å². The first kappa shape index (κ1) is 15.1. The lowest BCUT2D eigenvalue weighted by molar-refractivity contribution is 0.0726. The van der Waals surface area contributed by atoms with Crippen molar-refractivity contribution in [2.24, 2.45) is 5.73 Å². The van der Waals surface area contributed by atoms with Gasteiger partial charge in [0.2, 0.25) is 0 Å². The highest BCUT2D eigenvalue weighted by molar-refractivity contribution is 5.44. The van der Waals surface area contributed by atoms with E-state index >= 15 is 0 Å². The quantitative estimate of drug-likeness (QED) is 0.813. The third-order valence-corrected chi connectivity index (χ3v) is 3.53. The van der Waals surface area contributed by atoms with E-state index in [2.05, 4.69) is 13.8 Å². The Hall–Kier alpha value is -1.26. The lowest BCUT2D eigenvalue weighted by Crippen LogP contribution is -2.36. The highest BCUT2D eigenvalue weighted by Crippen LogP contribution is 2.41. The van der Waals surface area contributed by atoms with Crippen molar-refractivity contribution in [2.75, 3.05) is 26.4 Å². The zero-order chi connectivity index (χ0) is 14.6. The minimum Gasteiger partial charge on any atom is -0.491 e. The molecule has 0 aliphatic carbocycles. The van der Waals surface area contributed by atoms with Gasteiger partial charge in [0.15, 0.2) is 0 Å². The molecular formula is C16H25NO3. The van der Waals surface area contributed by atoms with Gasteiger partial charge in [0.1, 0.15) is 23.7 Å². The van der Waals surface area contributed by atoms with Gasteiger partial charge < -0.3 is 19.9 Å². The number of ether oxygens (including phenoxy) is 3. The summed E-state index contributed by atoms with van der Waals surface area (Å²) in [6.45, 7) is 8.69. The average Bonchev–Trinajstić information content (AvgIpc) is 2.42. The summed E-state index contributed by atoms with van der Waals surface area (Å²) in [6.07, 6.45) is 0.929. The Labute approximate surface area is 121 Å². The predicted octanol–water partition coefficient (Wildman–Crippen LogP) is 2.71. The summed E-state index contributed by atoms with van der Waals surface area (Å²) in [6, 6.07) is 5.97. The molecule has 1 unspecified atom stereocenters. The number of fused-ring (bicyclic) bond motifs is 1. The van der Waals surface area contributed by atoms with Crippen molar-refractivity contribution >= 4 is 0 Å². The van der Waals surface area contributed by atoms with Crippen molar-refractivity contribution in [3.8, 4) is 11.5 Å². The summed E-state index contributed by atoms with van der Waals surface area (Å²) in [5.74, 6) is 2.10. The normalized spacial score (nSPS) is 20.1. The van der Waals surface area contributed by atoms with Crippen LogP contribution in [0.15, 0.2) is 18.2 Å². The van der Waals surface area contributed by atoms with Crippen LogP contribution < -0.4 is 15.2 Å². The second-order valence-corrected chi connectivity index (χ2v) is 5.74. The monoisotopic (exact) mass is 279 g/mol. The first-order valence-corrected chi connectivity index (χ1v) is 7.29. The minimum atomic E-state index is -0.158. The van der Waals surface area contributed by atoms with E-state index in [1.165, 1.54) is 0 Å². The maximum Gasteiger partial charge on any atom is 0.123 e. The Morgan fingerprint density at radius 1 is 1.35 bits per heavy atom. The van der Waals surface area contributed by atoms with E-state index in [1.54, 1.807) is 0 Å². The van der Waals surface area contributed by atoms with Crippen molar-refractivity contribution < 1.29 is 14.2 Å². The van der Waals surface area contributed by atoms with Crippen LogP contribution >= 0.6 is 0 Å². The maximum atomic E-state index is 6.01. The summed E-state index contributed by atoms with van der Waals surface area (Å²) in [5.41, 5.74) is 6.91. The third-order valence-electron chi connectivity index (χ3n) is 3.53. The van der Waals surface area contributed by atoms with Gasteiger partial charge in [-0.05, 0) is 51.9 Å². The van der Waals surface area contributed by atoms with Crippen LogP contribution in [0, 0.1) is 0 Å². The van der Waals surface area contributed by atoms with E-state index in [9.17, 15) is 0 Å². The number of benzene rings is 1. The van der Waals surface area contributed by atoms with Crippen molar-refractivity contribution in [2.45, 2.75) is 38.7 Å². The number of hydrogen-bond donors (Lipinski definition) is 1. The molecule has 4 nitrogen and oxygen atoms in total. The van der Waals surface area contributed by atoms with Crippen LogP contribution in [-0.4, -0.2) is 32.0 Å². The van der Waals surface area contributed by atoms with Gasteiger partial charge in [-0.2, -0.15) is 0 Å². The number of rotatable bonds is 6. The standard InChI is InChI=1S/C16H25NO3/c1-4-18-7-8-19-13-5-6-15-14(9-13)12(11-17)10-16(2,3)20-15/h5-6,9,12H,4,7-8,10-11,17H2,1-3H3. The van der Waals surface area contributed by atoms with E-state index in [0.717, 1.165) is 23.5 Å². The molecule has 1 heterocycles. The second kappa shape index (κ2) is 6.46. The van der Waals surface area contributed by atoms with Crippen LogP contribution in [0.5, 0.6) is 11.5 Å². The van der Waals surface area contributed by atoms with Gasteiger partial charge >= 0.3 is 0 Å². The Bertz CT molecular complexity index is 445. The van der Waals surface area contributed by atoms with Gasteiger partial charge in [-0.1, -0.05) is 0 Å². The zero-order valence-corrected chi connectivity index (χ0v) is 12.6. The van der Waals surface area contributed by atoms with E-state index < -0.39 is 0 Å². The summed E-state index contributed by atoms with van der Waals surface area (Å²) in [4.78, 5) is 0.